The number of nitrogens with zero attached hydrogens (tertiary/aromatic N) is 4. The normalized spacial score (nSPS) is 28.7. The second kappa shape index (κ2) is 18.7. The monoisotopic (exact) mass is 921 g/mol. The number of carbonyl (C=O) groups is 5. The van der Waals surface area contributed by atoms with Crippen LogP contribution in [-0.4, -0.2) is 134 Å². The number of nitrogens with one attached hydrogen (secondary N) is 3. The summed E-state index contributed by atoms with van der Waals surface area (Å²) in [5.74, 6) is -1.99. The van der Waals surface area contributed by atoms with Crippen molar-refractivity contribution in [1.29, 1.82) is 0 Å². The number of likely N-dealkylation sites (tertiary alicyclic amines) is 2. The van der Waals surface area contributed by atoms with Gasteiger partial charge in [0.2, 0.25) is 21.8 Å². The summed E-state index contributed by atoms with van der Waals surface area (Å²) in [6.07, 6.45) is 9.73. The topological polar surface area (TPSA) is 197 Å². The van der Waals surface area contributed by atoms with E-state index in [0.29, 0.717) is 54.5 Å². The highest BCUT2D eigenvalue weighted by Crippen LogP contribution is 2.47. The number of hydrogen-bond acceptors (Lipinski definition) is 12. The Balaban J connectivity index is 1.02. The van der Waals surface area contributed by atoms with Crippen LogP contribution in [0.25, 0.3) is 11.3 Å². The van der Waals surface area contributed by atoms with E-state index in [9.17, 15) is 32.4 Å². The predicted molar refractivity (Wildman–Crippen MR) is 241 cm³/mol. The van der Waals surface area contributed by atoms with Crippen LogP contribution < -0.4 is 20.1 Å². The summed E-state index contributed by atoms with van der Waals surface area (Å²) in [5, 5.41) is 7.30. The molecule has 6 aliphatic rings. The highest BCUT2D eigenvalue weighted by Gasteiger charge is 2.63. The van der Waals surface area contributed by atoms with Crippen molar-refractivity contribution in [2.75, 3.05) is 53.0 Å². The molecule has 2 saturated carbocycles. The Morgan fingerprint density at radius 1 is 1.00 bits per heavy atom. The minimum Gasteiger partial charge on any atom is -0.497 e. The molecule has 0 unspecified atom stereocenters. The zero-order valence-corrected chi connectivity index (χ0v) is 39.0. The van der Waals surface area contributed by atoms with Crippen LogP contribution in [0.4, 0.5) is 4.79 Å². The first-order valence-corrected chi connectivity index (χ1v) is 25.4. The zero-order valence-electron chi connectivity index (χ0n) is 37.4. The van der Waals surface area contributed by atoms with Gasteiger partial charge in [-0.05, 0) is 94.6 Å². The van der Waals surface area contributed by atoms with Gasteiger partial charge >= 0.3 is 6.09 Å². The first-order chi connectivity index (χ1) is 30.6. The van der Waals surface area contributed by atoms with E-state index in [-0.39, 0.29) is 49.9 Å². The molecular formula is C46H63N7O9S2. The number of methoxy groups -OCH3 is 1. The minimum atomic E-state index is -3.92. The van der Waals surface area contributed by atoms with Crippen LogP contribution in [0.15, 0.2) is 41.8 Å². The molecule has 5 fully saturated rings. The third-order valence-corrected chi connectivity index (χ3v) is 16.6. The molecule has 348 valence electrons. The first-order valence-electron chi connectivity index (χ1n) is 23.0. The molecule has 3 N–H and O–H groups in total. The molecule has 1 aromatic heterocycles. The molecule has 6 atom stereocenters. The average Bonchev–Trinajstić information content (AvgIpc) is 4.09. The second-order valence-corrected chi connectivity index (χ2v) is 22.6. The summed E-state index contributed by atoms with van der Waals surface area (Å²) in [5.41, 5.74) is -0.385. The predicted octanol–water partition coefficient (Wildman–Crippen LogP) is 4.57. The van der Waals surface area contributed by atoms with Crippen molar-refractivity contribution < 1.29 is 41.9 Å². The third-order valence-electron chi connectivity index (χ3n) is 14.0. The van der Waals surface area contributed by atoms with Crippen molar-refractivity contribution in [3.05, 3.63) is 46.8 Å². The van der Waals surface area contributed by atoms with Crippen LogP contribution >= 0.6 is 11.3 Å². The number of rotatable bonds is 11. The number of hydrogen-bond donors (Lipinski definition) is 3. The number of aromatic nitrogens is 1. The Morgan fingerprint density at radius 2 is 1.75 bits per heavy atom. The summed E-state index contributed by atoms with van der Waals surface area (Å²) < 4.78 is 39.4. The van der Waals surface area contributed by atoms with E-state index in [0.717, 1.165) is 50.9 Å². The van der Waals surface area contributed by atoms with Crippen molar-refractivity contribution in [3.8, 4) is 17.0 Å². The van der Waals surface area contributed by atoms with Gasteiger partial charge in [0.05, 0.1) is 24.7 Å². The van der Waals surface area contributed by atoms with Crippen molar-refractivity contribution in [3.63, 3.8) is 0 Å². The van der Waals surface area contributed by atoms with Crippen molar-refractivity contribution in [2.45, 2.75) is 108 Å². The van der Waals surface area contributed by atoms with Gasteiger partial charge in [-0.3, -0.25) is 23.9 Å². The summed E-state index contributed by atoms with van der Waals surface area (Å²) in [7, 11) is -2.33. The molecule has 0 radical (unpaired) electrons. The Morgan fingerprint density at radius 3 is 2.47 bits per heavy atom. The lowest BCUT2D eigenvalue weighted by Crippen LogP contribution is -2.60. The standard InChI is InChI=1S/C46H63N7O9S2/c1-29-18-20-51(21-19-29)27-45(2,3)28-62-44(58)48-36-11-9-7-5-6-8-10-32-22-46(32,43(57)50-64(59,60)34-16-17-34)49-39(54)38-35-25-52(23-31(35)24-53(38)41(36)55)42(56)40-47-37(26-63-40)30-12-14-33(61-4)15-13-30/h8,10,12-15,26,29,31-32,34-36,38H,5-7,9,11,16-25,27-28H2,1-4H3,(H,48,58)(H,49,54)(H,50,57)/b10-8-/t31-,32+,35-,36-,38-,46-/m0/s1. The maximum absolute atomic E-state index is 14.9. The molecular weight excluding hydrogens is 859 g/mol. The molecule has 5 amide bonds. The van der Waals surface area contributed by atoms with Gasteiger partial charge in [0.15, 0.2) is 5.01 Å². The lowest BCUT2D eigenvalue weighted by Gasteiger charge is -2.36. The number of thiazole rings is 1. The van der Waals surface area contributed by atoms with Crippen LogP contribution in [0.2, 0.25) is 0 Å². The minimum absolute atomic E-state index is 0.133. The van der Waals surface area contributed by atoms with E-state index >= 15 is 0 Å². The number of allylic oxidation sites excluding steroid dienone is 1. The van der Waals surface area contributed by atoms with Crippen molar-refractivity contribution >= 4 is 51.1 Å². The first kappa shape index (κ1) is 46.0. The van der Waals surface area contributed by atoms with E-state index < -0.39 is 68.5 Å². The SMILES string of the molecule is COc1ccc(-c2csc(C(=O)N3C[C@H]4CN5C(=O)[C@@H](NC(=O)OCC(C)(C)CN6CCC(C)CC6)CCCCC/C=C\[C@@H]6C[C@]6(C(=O)NS(=O)(=O)C6CC6)NC(=O)[C@@H]5[C@H]4C3)n2)cc1. The van der Waals surface area contributed by atoms with E-state index in [4.69, 9.17) is 9.47 Å². The van der Waals surface area contributed by atoms with Crippen LogP contribution in [0, 0.1) is 29.1 Å². The molecule has 18 heteroatoms. The van der Waals surface area contributed by atoms with E-state index in [1.807, 2.05) is 41.8 Å². The van der Waals surface area contributed by atoms with Crippen LogP contribution in [0.5, 0.6) is 5.75 Å². The molecule has 4 aliphatic heterocycles. The lowest BCUT2D eigenvalue weighted by molar-refractivity contribution is -0.142. The maximum atomic E-state index is 14.9. The number of ether oxygens (including phenoxy) is 2. The number of amides is 5. The lowest BCUT2D eigenvalue weighted by atomic mass is 9.91. The summed E-state index contributed by atoms with van der Waals surface area (Å²) in [6, 6.07) is 5.28. The number of alkyl carbamates (subject to hydrolysis) is 1. The Hall–Kier alpha value is -4.55. The third kappa shape index (κ3) is 10.3. The fraction of sp³-hybridized carbons (Fsp3) is 0.652. The average molecular weight is 922 g/mol. The Bertz CT molecular complexity index is 2220. The molecule has 0 bridgehead atoms. The molecule has 3 saturated heterocycles. The van der Waals surface area contributed by atoms with Gasteiger partial charge in [0.25, 0.3) is 11.8 Å². The molecule has 5 heterocycles. The van der Waals surface area contributed by atoms with Crippen LogP contribution in [0.3, 0.4) is 0 Å². The Kier molecular flexibility index (Phi) is 13.5. The van der Waals surface area contributed by atoms with Gasteiger partial charge in [-0.25, -0.2) is 18.2 Å². The number of fused-ring (bicyclic) bond motifs is 4. The molecule has 2 aliphatic carbocycles. The fourth-order valence-corrected chi connectivity index (χ4v) is 12.1. The Labute approximate surface area is 380 Å². The molecule has 1 aromatic carbocycles. The second-order valence-electron chi connectivity index (χ2n) is 19.7. The molecule has 2 aromatic rings. The van der Waals surface area contributed by atoms with Crippen LogP contribution in [0.1, 0.15) is 94.8 Å². The smallest absolute Gasteiger partial charge is 0.407 e. The van der Waals surface area contributed by atoms with Gasteiger partial charge < -0.3 is 34.8 Å². The van der Waals surface area contributed by atoms with Gasteiger partial charge in [-0.15, -0.1) is 11.3 Å². The molecule has 0 spiro atoms. The quantitative estimate of drug-likeness (QED) is 0.267. The summed E-state index contributed by atoms with van der Waals surface area (Å²) >= 11 is 1.23. The van der Waals surface area contributed by atoms with Gasteiger partial charge in [-0.1, -0.05) is 45.8 Å². The van der Waals surface area contributed by atoms with Gasteiger partial charge in [0, 0.05) is 60.3 Å². The number of benzene rings is 1. The highest BCUT2D eigenvalue weighted by atomic mass is 32.2. The highest BCUT2D eigenvalue weighted by molar-refractivity contribution is 7.91. The van der Waals surface area contributed by atoms with E-state index in [2.05, 4.69) is 46.0 Å². The summed E-state index contributed by atoms with van der Waals surface area (Å²) in [4.78, 5) is 81.5. The maximum Gasteiger partial charge on any atom is 0.407 e. The largest absolute Gasteiger partial charge is 0.497 e. The fourth-order valence-electron chi connectivity index (χ4n) is 9.95. The van der Waals surface area contributed by atoms with E-state index in [1.54, 1.807) is 12.0 Å². The molecule has 64 heavy (non-hydrogen) atoms. The number of sulfonamides is 1. The molecule has 8 rings (SSSR count). The number of piperidine rings is 1. The zero-order chi connectivity index (χ0) is 45.4. The van der Waals surface area contributed by atoms with Gasteiger partial charge in [-0.2, -0.15) is 0 Å². The van der Waals surface area contributed by atoms with Crippen molar-refractivity contribution in [1.82, 2.24) is 35.0 Å². The summed E-state index contributed by atoms with van der Waals surface area (Å²) in [6.45, 7) is 9.88. The van der Waals surface area contributed by atoms with Crippen LogP contribution in [-0.2, 0) is 29.1 Å². The number of carbonyl (C=O) groups excluding carboxylic acids is 5. The van der Waals surface area contributed by atoms with Crippen molar-refractivity contribution in [2.24, 2.45) is 29.1 Å². The molecule has 16 nitrogen and oxygen atoms in total. The van der Waals surface area contributed by atoms with E-state index in [1.165, 1.54) is 16.2 Å². The van der Waals surface area contributed by atoms with Gasteiger partial charge in [0.1, 0.15) is 23.4 Å².